The summed E-state index contributed by atoms with van der Waals surface area (Å²) in [6.45, 7) is 1.79. The molecule has 2 heterocycles. The molecule has 2 aliphatic heterocycles. The lowest BCUT2D eigenvalue weighted by Gasteiger charge is -2.31. The van der Waals surface area contributed by atoms with E-state index in [1.807, 2.05) is 18.3 Å². The zero-order chi connectivity index (χ0) is 26.7. The lowest BCUT2D eigenvalue weighted by Crippen LogP contribution is -3.11. The Morgan fingerprint density at radius 3 is 2.74 bits per heavy atom. The monoisotopic (exact) mass is 526 g/mol. The fraction of sp³-hybridized carbons (Fsp3) is 0.621. The maximum Gasteiger partial charge on any atom is 0.191 e. The number of Topliss-reactive ketones (excluding diaryl/α,β-unsaturated/α-hetero) is 2. The van der Waals surface area contributed by atoms with E-state index in [0.717, 1.165) is 76.1 Å². The molecule has 1 saturated carbocycles. The van der Waals surface area contributed by atoms with Crippen LogP contribution < -0.4 is 25.6 Å². The molecule has 38 heavy (non-hydrogen) atoms. The van der Waals surface area contributed by atoms with Gasteiger partial charge in [0.05, 0.1) is 24.8 Å². The quantitative estimate of drug-likeness (QED) is 0.264. The van der Waals surface area contributed by atoms with E-state index >= 15 is 0 Å². The first kappa shape index (κ1) is 28.0. The number of quaternary nitrogens is 1. The van der Waals surface area contributed by atoms with Crippen molar-refractivity contribution < 1.29 is 24.3 Å². The van der Waals surface area contributed by atoms with Crippen LogP contribution in [0.5, 0.6) is 11.5 Å². The Morgan fingerprint density at radius 2 is 1.97 bits per heavy atom. The number of hydrogen-bond donors (Lipinski definition) is 5. The van der Waals surface area contributed by atoms with Gasteiger partial charge in [0.2, 0.25) is 0 Å². The lowest BCUT2D eigenvalue weighted by atomic mass is 9.96. The second kappa shape index (κ2) is 14.2. The molecule has 3 aliphatic rings. The molecule has 1 aromatic rings. The van der Waals surface area contributed by atoms with E-state index in [1.54, 1.807) is 13.1 Å². The Morgan fingerprint density at radius 1 is 1.16 bits per heavy atom. The van der Waals surface area contributed by atoms with Crippen LogP contribution in [-0.2, 0) is 16.0 Å². The standard InChI is InChI=1S/C29H43N5O4/c1-30-29-32-14-13-23(34-16-15-31-20-34)18-22(33-29)5-4-6-24(35)19-25(36)11-9-21-10-12-27(37)28(17-21)38-26-7-2-3-8-26/h10,12,15-17,22-23,26,31,37H,2-9,11,13-14,18-20H2,1H3,(H2,30,32,33)/p+1/t22-,23+/m1/s1. The van der Waals surface area contributed by atoms with E-state index < -0.39 is 0 Å². The fourth-order valence-electron chi connectivity index (χ4n) is 5.70. The molecule has 9 heteroatoms. The Labute approximate surface area is 226 Å². The summed E-state index contributed by atoms with van der Waals surface area (Å²) >= 11 is 0. The lowest BCUT2D eigenvalue weighted by molar-refractivity contribution is -0.871. The van der Waals surface area contributed by atoms with Gasteiger partial charge in [-0.1, -0.05) is 6.07 Å². The maximum absolute atomic E-state index is 12.6. The van der Waals surface area contributed by atoms with Crippen LogP contribution in [0.4, 0.5) is 0 Å². The first-order valence-corrected chi connectivity index (χ1v) is 14.2. The molecule has 0 bridgehead atoms. The van der Waals surface area contributed by atoms with Crippen LogP contribution in [0.3, 0.4) is 0 Å². The summed E-state index contributed by atoms with van der Waals surface area (Å²) in [5, 5.41) is 20.3. The summed E-state index contributed by atoms with van der Waals surface area (Å²) in [6.07, 6.45) is 13.6. The molecular weight excluding hydrogens is 482 g/mol. The van der Waals surface area contributed by atoms with Crippen molar-refractivity contribution in [3.05, 3.63) is 36.2 Å². The van der Waals surface area contributed by atoms with Crippen LogP contribution in [0.15, 0.2) is 35.6 Å². The number of nitrogens with one attached hydrogen (secondary N) is 4. The SMILES string of the molecule is CN=C1NCC[C@H]([NH+]2C=CNC2)C[C@@H](CCCC(=O)CC(=O)CCc2ccc(O)c(OC3CCCC3)c2)N1. The number of ketones is 2. The summed E-state index contributed by atoms with van der Waals surface area (Å²) in [4.78, 5) is 30.8. The van der Waals surface area contributed by atoms with Gasteiger partial charge in [0, 0.05) is 45.3 Å². The van der Waals surface area contributed by atoms with Gasteiger partial charge in [-0.05, 0) is 62.6 Å². The predicted molar refractivity (Wildman–Crippen MR) is 147 cm³/mol. The van der Waals surface area contributed by atoms with Gasteiger partial charge in [-0.2, -0.15) is 0 Å². The average molecular weight is 527 g/mol. The molecule has 2 fully saturated rings. The number of aryl methyl sites for hydroxylation is 1. The van der Waals surface area contributed by atoms with Gasteiger partial charge in [-0.3, -0.25) is 19.5 Å². The first-order valence-electron chi connectivity index (χ1n) is 14.2. The van der Waals surface area contributed by atoms with E-state index in [2.05, 4.69) is 27.1 Å². The number of phenolic OH excluding ortho intramolecular Hbond substituents is 1. The number of carbonyl (C=O) groups is 2. The van der Waals surface area contributed by atoms with Crippen molar-refractivity contribution in [3.8, 4) is 11.5 Å². The number of rotatable bonds is 12. The van der Waals surface area contributed by atoms with E-state index in [4.69, 9.17) is 4.74 Å². The van der Waals surface area contributed by atoms with Crippen LogP contribution in [0.2, 0.25) is 0 Å². The summed E-state index contributed by atoms with van der Waals surface area (Å²) < 4.78 is 5.96. The molecule has 0 radical (unpaired) electrons. The van der Waals surface area contributed by atoms with Crippen molar-refractivity contribution in [2.45, 2.75) is 95.2 Å². The molecule has 3 atom stereocenters. The molecule has 0 spiro atoms. The normalized spacial score (nSPS) is 24.8. The molecule has 208 valence electrons. The number of phenols is 1. The van der Waals surface area contributed by atoms with Gasteiger partial charge in [0.1, 0.15) is 17.8 Å². The number of aliphatic imine (C=N–C) groups is 1. The number of nitrogens with zero attached hydrogens (tertiary/aromatic N) is 1. The van der Waals surface area contributed by atoms with E-state index in [-0.39, 0.29) is 35.9 Å². The topological polar surface area (TPSA) is 116 Å². The Bertz CT molecular complexity index is 1000. The highest BCUT2D eigenvalue weighted by Crippen LogP contribution is 2.32. The highest BCUT2D eigenvalue weighted by atomic mass is 16.5. The second-order valence-corrected chi connectivity index (χ2v) is 10.8. The molecular formula is C29H44N5O4+. The molecule has 0 aromatic heterocycles. The molecule has 0 amide bonds. The number of aromatic hydroxyl groups is 1. The Kier molecular flexibility index (Phi) is 10.4. The minimum absolute atomic E-state index is 0.00756. The predicted octanol–water partition coefficient (Wildman–Crippen LogP) is 1.96. The molecule has 1 unspecified atom stereocenters. The number of guanidine groups is 1. The largest absolute Gasteiger partial charge is 0.504 e. The second-order valence-electron chi connectivity index (χ2n) is 10.8. The zero-order valence-corrected chi connectivity index (χ0v) is 22.6. The third-order valence-electron chi connectivity index (χ3n) is 7.88. The highest BCUT2D eigenvalue weighted by Gasteiger charge is 2.28. The van der Waals surface area contributed by atoms with Crippen molar-refractivity contribution >= 4 is 17.5 Å². The summed E-state index contributed by atoms with van der Waals surface area (Å²) in [6, 6.07) is 6.00. The van der Waals surface area contributed by atoms with Gasteiger partial charge < -0.3 is 25.8 Å². The molecule has 5 N–H and O–H groups in total. The molecule has 1 aromatic carbocycles. The van der Waals surface area contributed by atoms with Crippen molar-refractivity contribution in [1.29, 1.82) is 0 Å². The zero-order valence-electron chi connectivity index (χ0n) is 22.6. The average Bonchev–Trinajstić information content (AvgIpc) is 3.60. The summed E-state index contributed by atoms with van der Waals surface area (Å²) in [7, 11) is 1.78. The Hall–Kier alpha value is -3.07. The van der Waals surface area contributed by atoms with Gasteiger partial charge in [0.15, 0.2) is 24.1 Å². The number of carbonyl (C=O) groups excluding carboxylic acids is 2. The fourth-order valence-corrected chi connectivity index (χ4v) is 5.70. The minimum atomic E-state index is -0.0352. The van der Waals surface area contributed by atoms with Gasteiger partial charge in [-0.25, -0.2) is 0 Å². The van der Waals surface area contributed by atoms with Crippen molar-refractivity contribution in [1.82, 2.24) is 16.0 Å². The van der Waals surface area contributed by atoms with Crippen molar-refractivity contribution in [2.75, 3.05) is 20.3 Å². The highest BCUT2D eigenvalue weighted by molar-refractivity contribution is 5.99. The van der Waals surface area contributed by atoms with Crippen LogP contribution in [0.25, 0.3) is 0 Å². The van der Waals surface area contributed by atoms with Gasteiger partial charge >= 0.3 is 0 Å². The van der Waals surface area contributed by atoms with Crippen molar-refractivity contribution in [3.63, 3.8) is 0 Å². The van der Waals surface area contributed by atoms with Crippen LogP contribution in [-0.4, -0.2) is 61.1 Å². The van der Waals surface area contributed by atoms with Crippen LogP contribution >= 0.6 is 0 Å². The number of ether oxygens (including phenoxy) is 1. The van der Waals surface area contributed by atoms with Gasteiger partial charge in [0.25, 0.3) is 0 Å². The third kappa shape index (κ3) is 8.48. The minimum Gasteiger partial charge on any atom is -0.504 e. The molecule has 1 aliphatic carbocycles. The van der Waals surface area contributed by atoms with E-state index in [1.165, 1.54) is 4.90 Å². The summed E-state index contributed by atoms with van der Waals surface area (Å²) in [5.74, 6) is 1.41. The van der Waals surface area contributed by atoms with Gasteiger partial charge in [-0.15, -0.1) is 0 Å². The van der Waals surface area contributed by atoms with Crippen molar-refractivity contribution in [2.24, 2.45) is 4.99 Å². The molecule has 1 saturated heterocycles. The number of benzene rings is 1. The molecule has 4 rings (SSSR count). The molecule has 9 nitrogen and oxygen atoms in total. The number of hydrogen-bond acceptors (Lipinski definition) is 6. The smallest absolute Gasteiger partial charge is 0.191 e. The third-order valence-corrected chi connectivity index (χ3v) is 7.88. The summed E-state index contributed by atoms with van der Waals surface area (Å²) in [5.41, 5.74) is 0.939. The van der Waals surface area contributed by atoms with Crippen LogP contribution in [0.1, 0.15) is 76.2 Å². The van der Waals surface area contributed by atoms with E-state index in [0.29, 0.717) is 31.1 Å². The Balaban J connectivity index is 1.19. The maximum atomic E-state index is 12.6. The van der Waals surface area contributed by atoms with Crippen LogP contribution in [0, 0.1) is 0 Å². The first-order chi connectivity index (χ1) is 18.5. The van der Waals surface area contributed by atoms with E-state index in [9.17, 15) is 14.7 Å².